The molecule has 2 fully saturated rings. The lowest BCUT2D eigenvalue weighted by atomic mass is 9.85. The number of ether oxygens (including phenoxy) is 1. The van der Waals surface area contributed by atoms with Crippen LogP contribution in [0.4, 0.5) is 5.69 Å². The van der Waals surface area contributed by atoms with Gasteiger partial charge in [-0.3, -0.25) is 10.1 Å². The topological polar surface area (TPSA) is 153 Å². The summed E-state index contributed by atoms with van der Waals surface area (Å²) >= 11 is 0. The van der Waals surface area contributed by atoms with Crippen LogP contribution in [0, 0.1) is 27.9 Å². The fraction of sp³-hybridized carbons (Fsp3) is 0.571. The van der Waals surface area contributed by atoms with Gasteiger partial charge in [-0.25, -0.2) is 13.6 Å². The Balaban J connectivity index is 1.75. The second-order valence-corrected chi connectivity index (χ2v) is 7.94. The molecule has 2 aliphatic carbocycles. The highest BCUT2D eigenvalue weighted by atomic mass is 32.2. The molecule has 0 saturated heterocycles. The molecule has 0 aromatic heterocycles. The lowest BCUT2D eigenvalue weighted by molar-refractivity contribution is -0.386. The van der Waals surface area contributed by atoms with E-state index in [2.05, 4.69) is 0 Å². The summed E-state index contributed by atoms with van der Waals surface area (Å²) in [6.45, 7) is 0.153. The van der Waals surface area contributed by atoms with Gasteiger partial charge in [0.1, 0.15) is 0 Å². The lowest BCUT2D eigenvalue weighted by Gasteiger charge is -2.29. The Morgan fingerprint density at radius 3 is 2.54 bits per heavy atom. The van der Waals surface area contributed by atoms with Crippen molar-refractivity contribution in [2.75, 3.05) is 6.61 Å². The summed E-state index contributed by atoms with van der Waals surface area (Å²) in [5.74, 6) is -0.123. The minimum Gasteiger partial charge on any atom is -0.487 e. The number of nitro benzene ring substituents is 1. The van der Waals surface area contributed by atoms with Gasteiger partial charge in [0, 0.05) is 6.07 Å². The molecule has 4 N–H and O–H groups in total. The molecule has 1 aromatic rings. The van der Waals surface area contributed by atoms with Gasteiger partial charge in [0.25, 0.3) is 0 Å². The molecule has 10 heteroatoms. The maximum Gasteiger partial charge on any atom is 0.312 e. The van der Waals surface area contributed by atoms with Gasteiger partial charge in [-0.05, 0) is 42.7 Å². The Morgan fingerprint density at radius 1 is 1.29 bits per heavy atom. The normalized spacial score (nSPS) is 32.0. The van der Waals surface area contributed by atoms with Crippen molar-refractivity contribution in [2.24, 2.45) is 22.9 Å². The molecule has 132 valence electrons. The molecule has 0 amide bonds. The number of nitrogens with two attached hydrogens (primary N) is 1. The lowest BCUT2D eigenvalue weighted by Crippen LogP contribution is -2.38. The van der Waals surface area contributed by atoms with E-state index in [0.29, 0.717) is 12.8 Å². The largest absolute Gasteiger partial charge is 0.487 e. The zero-order chi connectivity index (χ0) is 17.6. The summed E-state index contributed by atoms with van der Waals surface area (Å²) in [4.78, 5) is 10.0. The first-order chi connectivity index (χ1) is 11.2. The van der Waals surface area contributed by atoms with Gasteiger partial charge in [-0.1, -0.05) is 0 Å². The van der Waals surface area contributed by atoms with Gasteiger partial charge >= 0.3 is 5.69 Å². The van der Waals surface area contributed by atoms with Crippen LogP contribution >= 0.6 is 0 Å². The van der Waals surface area contributed by atoms with E-state index in [1.54, 1.807) is 0 Å². The van der Waals surface area contributed by atoms with Crippen LogP contribution in [0.1, 0.15) is 12.8 Å². The molecule has 0 spiro atoms. The van der Waals surface area contributed by atoms with Crippen molar-refractivity contribution >= 4 is 15.7 Å². The molecule has 2 aliphatic rings. The highest BCUT2D eigenvalue weighted by Crippen LogP contribution is 2.48. The average molecular weight is 358 g/mol. The monoisotopic (exact) mass is 358 g/mol. The Bertz CT molecular complexity index is 764. The fourth-order valence-corrected chi connectivity index (χ4v) is 4.29. The van der Waals surface area contributed by atoms with Gasteiger partial charge in [0.15, 0.2) is 5.75 Å². The summed E-state index contributed by atoms with van der Waals surface area (Å²) < 4.78 is 28.1. The maximum atomic E-state index is 11.3. The number of primary sulfonamides is 1. The second-order valence-electron chi connectivity index (χ2n) is 6.38. The van der Waals surface area contributed by atoms with E-state index in [1.165, 1.54) is 6.07 Å². The molecular formula is C14H18N2O7S. The van der Waals surface area contributed by atoms with E-state index in [4.69, 9.17) is 9.88 Å². The highest BCUT2D eigenvalue weighted by molar-refractivity contribution is 7.89. The molecule has 0 heterocycles. The maximum absolute atomic E-state index is 11.3. The summed E-state index contributed by atoms with van der Waals surface area (Å²) in [6.07, 6.45) is -0.110. The van der Waals surface area contributed by atoms with Crippen molar-refractivity contribution in [1.82, 2.24) is 0 Å². The van der Waals surface area contributed by atoms with Crippen LogP contribution in [-0.2, 0) is 10.0 Å². The quantitative estimate of drug-likeness (QED) is 0.494. The molecule has 0 radical (unpaired) electrons. The van der Waals surface area contributed by atoms with Crippen LogP contribution in [0.3, 0.4) is 0 Å². The number of rotatable bonds is 5. The first-order valence-corrected chi connectivity index (χ1v) is 9.03. The van der Waals surface area contributed by atoms with Crippen molar-refractivity contribution in [2.45, 2.75) is 29.9 Å². The number of nitro groups is 1. The van der Waals surface area contributed by atoms with Crippen LogP contribution in [0.25, 0.3) is 0 Å². The number of benzene rings is 1. The first-order valence-electron chi connectivity index (χ1n) is 7.48. The first kappa shape index (κ1) is 17.1. The molecule has 2 saturated carbocycles. The van der Waals surface area contributed by atoms with Crippen LogP contribution in [-0.4, -0.2) is 42.4 Å². The highest BCUT2D eigenvalue weighted by Gasteiger charge is 2.51. The third kappa shape index (κ3) is 2.97. The standard InChI is InChI=1S/C14H18N2O7S/c15-24(21,22)9-1-2-12(11(5-9)16(19)20)23-6-8-3-7-4-10(8)14(18)13(7)17/h1-2,5,7-8,10,13-14,17-18H,3-4,6H2,(H2,15,21,22)/t7-,8?,10+,13-,14+/m1/s1. The predicted octanol–water partition coefficient (Wildman–Crippen LogP) is -0.00120. The van der Waals surface area contributed by atoms with Crippen molar-refractivity contribution in [1.29, 1.82) is 0 Å². The van der Waals surface area contributed by atoms with E-state index in [9.17, 15) is 28.7 Å². The SMILES string of the molecule is NS(=O)(=O)c1ccc(OCC2C[C@@H]3C[C@@H]2[C@H](O)[C@@H]3O)c([N+](=O)[O-])c1. The zero-order valence-electron chi connectivity index (χ0n) is 12.6. The minimum absolute atomic E-state index is 0.00841. The number of nitrogens with zero attached hydrogens (tertiary/aromatic N) is 1. The summed E-state index contributed by atoms with van der Waals surface area (Å²) in [5.41, 5.74) is -0.481. The number of sulfonamides is 1. The number of hydrogen-bond donors (Lipinski definition) is 3. The van der Waals surface area contributed by atoms with E-state index in [-0.39, 0.29) is 35.0 Å². The number of fused-ring (bicyclic) bond motifs is 2. The summed E-state index contributed by atoms with van der Waals surface area (Å²) in [5, 5.41) is 35.8. The zero-order valence-corrected chi connectivity index (χ0v) is 13.4. The van der Waals surface area contributed by atoms with Crippen LogP contribution in [0.15, 0.2) is 23.1 Å². The van der Waals surface area contributed by atoms with Crippen molar-refractivity contribution in [3.8, 4) is 5.75 Å². The van der Waals surface area contributed by atoms with E-state index >= 15 is 0 Å². The molecule has 1 unspecified atom stereocenters. The van der Waals surface area contributed by atoms with Crippen molar-refractivity contribution < 1.29 is 28.3 Å². The molecule has 24 heavy (non-hydrogen) atoms. The van der Waals surface area contributed by atoms with E-state index in [0.717, 1.165) is 12.1 Å². The van der Waals surface area contributed by atoms with Gasteiger partial charge in [-0.15, -0.1) is 0 Å². The van der Waals surface area contributed by atoms with Crippen LogP contribution in [0.5, 0.6) is 5.75 Å². The van der Waals surface area contributed by atoms with Crippen molar-refractivity contribution in [3.63, 3.8) is 0 Å². The predicted molar refractivity (Wildman–Crippen MR) is 81.7 cm³/mol. The molecule has 5 atom stereocenters. The smallest absolute Gasteiger partial charge is 0.312 e. The molecule has 0 aliphatic heterocycles. The molecular weight excluding hydrogens is 340 g/mol. The molecule has 2 bridgehead atoms. The minimum atomic E-state index is -4.05. The molecule has 1 aromatic carbocycles. The van der Waals surface area contributed by atoms with E-state index < -0.39 is 32.8 Å². The van der Waals surface area contributed by atoms with Crippen molar-refractivity contribution in [3.05, 3.63) is 28.3 Å². The van der Waals surface area contributed by atoms with Gasteiger partial charge < -0.3 is 14.9 Å². The Labute approximate surface area is 138 Å². The van der Waals surface area contributed by atoms with Crippen LogP contribution in [0.2, 0.25) is 0 Å². The molecule has 9 nitrogen and oxygen atoms in total. The van der Waals surface area contributed by atoms with Gasteiger partial charge in [0.2, 0.25) is 10.0 Å². The third-order valence-electron chi connectivity index (χ3n) is 4.97. The van der Waals surface area contributed by atoms with Gasteiger partial charge in [0.05, 0.1) is 28.6 Å². The summed E-state index contributed by atoms with van der Waals surface area (Å²) in [6, 6.07) is 3.22. The number of aliphatic hydroxyl groups is 2. The van der Waals surface area contributed by atoms with E-state index in [1.807, 2.05) is 0 Å². The fourth-order valence-electron chi connectivity index (χ4n) is 3.76. The Hall–Kier alpha value is -1.75. The van der Waals surface area contributed by atoms with Gasteiger partial charge in [-0.2, -0.15) is 0 Å². The molecule has 3 rings (SSSR count). The average Bonchev–Trinajstić information content (AvgIpc) is 3.04. The third-order valence-corrected chi connectivity index (χ3v) is 5.88. The Morgan fingerprint density at radius 2 is 2.00 bits per heavy atom. The number of aliphatic hydroxyl groups excluding tert-OH is 2. The number of hydrogen-bond acceptors (Lipinski definition) is 7. The second kappa shape index (κ2) is 5.96. The summed E-state index contributed by atoms with van der Waals surface area (Å²) in [7, 11) is -4.05. The van der Waals surface area contributed by atoms with Crippen LogP contribution < -0.4 is 9.88 Å². The Kier molecular flexibility index (Phi) is 4.24.